The Kier molecular flexibility index (Phi) is 6.09. The zero-order chi connectivity index (χ0) is 15.3. The second-order valence-electron chi connectivity index (χ2n) is 8.17. The first kappa shape index (κ1) is 16.8. The van der Waals surface area contributed by atoms with Crippen LogP contribution in [0, 0.1) is 11.3 Å². The number of hydrogen-bond acceptors (Lipinski definition) is 2. The zero-order valence-electron chi connectivity index (χ0n) is 14.2. The summed E-state index contributed by atoms with van der Waals surface area (Å²) >= 11 is 0. The molecular formula is C18H34N2O. The van der Waals surface area contributed by atoms with Gasteiger partial charge in [0.2, 0.25) is 5.91 Å². The van der Waals surface area contributed by atoms with E-state index in [0.29, 0.717) is 23.9 Å². The highest BCUT2D eigenvalue weighted by molar-refractivity contribution is 5.76. The molecule has 3 heteroatoms. The van der Waals surface area contributed by atoms with Crippen molar-refractivity contribution in [1.82, 2.24) is 10.6 Å². The van der Waals surface area contributed by atoms with E-state index in [9.17, 15) is 4.79 Å². The predicted molar refractivity (Wildman–Crippen MR) is 88.2 cm³/mol. The van der Waals surface area contributed by atoms with Crippen molar-refractivity contribution < 1.29 is 4.79 Å². The van der Waals surface area contributed by atoms with Crippen LogP contribution in [0.25, 0.3) is 0 Å². The molecule has 21 heavy (non-hydrogen) atoms. The number of rotatable bonds is 6. The van der Waals surface area contributed by atoms with Crippen LogP contribution in [0.5, 0.6) is 0 Å². The molecule has 0 aromatic carbocycles. The van der Waals surface area contributed by atoms with Crippen molar-refractivity contribution in [3.63, 3.8) is 0 Å². The highest BCUT2D eigenvalue weighted by Gasteiger charge is 2.27. The molecule has 2 fully saturated rings. The van der Waals surface area contributed by atoms with Crippen LogP contribution in [0.1, 0.15) is 78.6 Å². The van der Waals surface area contributed by atoms with E-state index in [1.165, 1.54) is 44.9 Å². The fourth-order valence-electron chi connectivity index (χ4n) is 3.45. The Hall–Kier alpha value is -0.570. The maximum absolute atomic E-state index is 11.6. The quantitative estimate of drug-likeness (QED) is 0.580. The molecule has 1 amide bonds. The monoisotopic (exact) mass is 294 g/mol. The SMILES string of the molecule is CC(C)(C)C1CCCC(NCCCC(=O)NC2CC2)CC1. The van der Waals surface area contributed by atoms with Gasteiger partial charge in [-0.1, -0.05) is 27.2 Å². The van der Waals surface area contributed by atoms with Crippen molar-refractivity contribution in [2.75, 3.05) is 6.54 Å². The molecule has 0 saturated heterocycles. The van der Waals surface area contributed by atoms with Crippen LogP contribution in [-0.4, -0.2) is 24.5 Å². The minimum Gasteiger partial charge on any atom is -0.353 e. The molecule has 0 aromatic heterocycles. The summed E-state index contributed by atoms with van der Waals surface area (Å²) in [4.78, 5) is 11.6. The first-order chi connectivity index (χ1) is 9.95. The molecule has 2 atom stereocenters. The third-order valence-electron chi connectivity index (χ3n) is 5.15. The van der Waals surface area contributed by atoms with Gasteiger partial charge in [-0.3, -0.25) is 4.79 Å². The van der Waals surface area contributed by atoms with Crippen LogP contribution in [0.15, 0.2) is 0 Å². The number of carbonyl (C=O) groups excluding carboxylic acids is 1. The summed E-state index contributed by atoms with van der Waals surface area (Å²) in [5, 5.41) is 6.74. The molecule has 2 rings (SSSR count). The van der Waals surface area contributed by atoms with Crippen LogP contribution < -0.4 is 10.6 Å². The van der Waals surface area contributed by atoms with Gasteiger partial charge in [0, 0.05) is 18.5 Å². The molecule has 122 valence electrons. The Bertz CT molecular complexity index is 331. The van der Waals surface area contributed by atoms with Gasteiger partial charge in [-0.2, -0.15) is 0 Å². The second kappa shape index (κ2) is 7.62. The summed E-state index contributed by atoms with van der Waals surface area (Å²) in [5.74, 6) is 1.11. The number of nitrogens with one attached hydrogen (secondary N) is 2. The average molecular weight is 294 g/mol. The highest BCUT2D eigenvalue weighted by Crippen LogP contribution is 2.36. The average Bonchev–Trinajstić information content (AvgIpc) is 3.20. The molecule has 2 saturated carbocycles. The van der Waals surface area contributed by atoms with Crippen LogP contribution in [0.2, 0.25) is 0 Å². The minimum atomic E-state index is 0.243. The second-order valence-corrected chi connectivity index (χ2v) is 8.17. The van der Waals surface area contributed by atoms with E-state index < -0.39 is 0 Å². The van der Waals surface area contributed by atoms with Gasteiger partial charge in [0.25, 0.3) is 0 Å². The molecule has 2 N–H and O–H groups in total. The van der Waals surface area contributed by atoms with Crippen molar-refractivity contribution in [1.29, 1.82) is 0 Å². The van der Waals surface area contributed by atoms with Gasteiger partial charge in [0.1, 0.15) is 0 Å². The Balaban J connectivity index is 1.57. The van der Waals surface area contributed by atoms with E-state index in [0.717, 1.165) is 18.9 Å². The summed E-state index contributed by atoms with van der Waals surface area (Å²) in [6, 6.07) is 1.17. The van der Waals surface area contributed by atoms with Crippen molar-refractivity contribution in [3.8, 4) is 0 Å². The van der Waals surface area contributed by atoms with E-state index in [2.05, 4.69) is 31.4 Å². The molecular weight excluding hydrogens is 260 g/mol. The van der Waals surface area contributed by atoms with E-state index in [1.54, 1.807) is 0 Å². The van der Waals surface area contributed by atoms with Gasteiger partial charge >= 0.3 is 0 Å². The number of amides is 1. The van der Waals surface area contributed by atoms with E-state index in [4.69, 9.17) is 0 Å². The summed E-state index contributed by atoms with van der Waals surface area (Å²) in [5.41, 5.74) is 0.454. The smallest absolute Gasteiger partial charge is 0.220 e. The van der Waals surface area contributed by atoms with Gasteiger partial charge in [0.15, 0.2) is 0 Å². The molecule has 0 heterocycles. The van der Waals surface area contributed by atoms with Gasteiger partial charge in [-0.15, -0.1) is 0 Å². The first-order valence-corrected chi connectivity index (χ1v) is 8.98. The fourth-order valence-corrected chi connectivity index (χ4v) is 3.45. The molecule has 2 unspecified atom stereocenters. The van der Waals surface area contributed by atoms with Gasteiger partial charge in [-0.25, -0.2) is 0 Å². The van der Waals surface area contributed by atoms with E-state index in [1.807, 2.05) is 0 Å². The van der Waals surface area contributed by atoms with E-state index >= 15 is 0 Å². The number of hydrogen-bond donors (Lipinski definition) is 2. The first-order valence-electron chi connectivity index (χ1n) is 8.98. The van der Waals surface area contributed by atoms with Crippen LogP contribution in [0.3, 0.4) is 0 Å². The summed E-state index contributed by atoms with van der Waals surface area (Å²) in [6.45, 7) is 8.13. The fraction of sp³-hybridized carbons (Fsp3) is 0.944. The standard InChI is InChI=1S/C18H34N2O/c1-18(2,3)14-6-4-7-15(10-9-14)19-13-5-8-17(21)20-16-11-12-16/h14-16,19H,4-13H2,1-3H3,(H,20,21). The third kappa shape index (κ3) is 6.37. The van der Waals surface area contributed by atoms with Crippen molar-refractivity contribution in [3.05, 3.63) is 0 Å². The maximum atomic E-state index is 11.6. The Morgan fingerprint density at radius 1 is 1.00 bits per heavy atom. The lowest BCUT2D eigenvalue weighted by Gasteiger charge is -2.29. The molecule has 0 spiro atoms. The van der Waals surface area contributed by atoms with Crippen LogP contribution >= 0.6 is 0 Å². The van der Waals surface area contributed by atoms with Crippen LogP contribution in [0.4, 0.5) is 0 Å². The molecule has 0 aliphatic heterocycles. The van der Waals surface area contributed by atoms with Gasteiger partial charge in [0.05, 0.1) is 0 Å². The molecule has 0 aromatic rings. The lowest BCUT2D eigenvalue weighted by molar-refractivity contribution is -0.121. The zero-order valence-corrected chi connectivity index (χ0v) is 14.2. The van der Waals surface area contributed by atoms with Crippen LogP contribution in [-0.2, 0) is 4.79 Å². The van der Waals surface area contributed by atoms with Crippen molar-refractivity contribution >= 4 is 5.91 Å². The molecule has 2 aliphatic rings. The third-order valence-corrected chi connectivity index (χ3v) is 5.15. The molecule has 0 radical (unpaired) electrons. The summed E-state index contributed by atoms with van der Waals surface area (Å²) < 4.78 is 0. The summed E-state index contributed by atoms with van der Waals surface area (Å²) in [6.07, 6.45) is 10.7. The minimum absolute atomic E-state index is 0.243. The van der Waals surface area contributed by atoms with Gasteiger partial charge in [-0.05, 0) is 62.8 Å². The molecule has 3 nitrogen and oxygen atoms in total. The van der Waals surface area contributed by atoms with Crippen molar-refractivity contribution in [2.45, 2.75) is 90.6 Å². The van der Waals surface area contributed by atoms with Crippen molar-refractivity contribution in [2.24, 2.45) is 11.3 Å². The predicted octanol–water partition coefficient (Wildman–Crippen LogP) is 3.63. The Morgan fingerprint density at radius 2 is 1.71 bits per heavy atom. The molecule has 2 aliphatic carbocycles. The topological polar surface area (TPSA) is 41.1 Å². The molecule has 0 bridgehead atoms. The largest absolute Gasteiger partial charge is 0.353 e. The number of carbonyl (C=O) groups is 1. The lowest BCUT2D eigenvalue weighted by Crippen LogP contribution is -2.31. The highest BCUT2D eigenvalue weighted by atomic mass is 16.1. The summed E-state index contributed by atoms with van der Waals surface area (Å²) in [7, 11) is 0. The van der Waals surface area contributed by atoms with E-state index in [-0.39, 0.29) is 5.91 Å². The van der Waals surface area contributed by atoms with Gasteiger partial charge < -0.3 is 10.6 Å². The Labute approximate surface area is 130 Å². The normalized spacial score (nSPS) is 27.2. The Morgan fingerprint density at radius 3 is 2.38 bits per heavy atom. The maximum Gasteiger partial charge on any atom is 0.220 e. The lowest BCUT2D eigenvalue weighted by atomic mass is 9.76.